The highest BCUT2D eigenvalue weighted by molar-refractivity contribution is 6.18. The van der Waals surface area contributed by atoms with E-state index in [1.165, 1.54) is 12.2 Å². The zero-order valence-corrected chi connectivity index (χ0v) is 9.90. The first kappa shape index (κ1) is 13.6. The van der Waals surface area contributed by atoms with Crippen LogP contribution in [-0.4, -0.2) is 37.2 Å². The smallest absolute Gasteiger partial charge is 0.220 e. The van der Waals surface area contributed by atoms with E-state index in [-0.39, 0.29) is 30.3 Å². The van der Waals surface area contributed by atoms with Gasteiger partial charge in [0.25, 0.3) is 0 Å². The van der Waals surface area contributed by atoms with Crippen molar-refractivity contribution in [1.82, 2.24) is 5.32 Å². The molecule has 0 bridgehead atoms. The fourth-order valence-electron chi connectivity index (χ4n) is 1.59. The molecule has 0 spiro atoms. The van der Waals surface area contributed by atoms with Crippen LogP contribution in [-0.2, 0) is 19.1 Å². The summed E-state index contributed by atoms with van der Waals surface area (Å²) in [6, 6.07) is 0. The van der Waals surface area contributed by atoms with Gasteiger partial charge in [-0.05, 0) is 25.5 Å². The normalized spacial score (nSPS) is 15.6. The van der Waals surface area contributed by atoms with Crippen LogP contribution in [0, 0.1) is 5.92 Å². The van der Waals surface area contributed by atoms with Crippen LogP contribution in [0.4, 0.5) is 0 Å². The Bertz CT molecular complexity index is 317. The lowest BCUT2D eigenvalue weighted by Gasteiger charge is -2.07. The summed E-state index contributed by atoms with van der Waals surface area (Å²) >= 11 is 0. The van der Waals surface area contributed by atoms with Crippen LogP contribution in [0.2, 0.25) is 0 Å². The maximum Gasteiger partial charge on any atom is 0.220 e. The molecule has 0 heterocycles. The van der Waals surface area contributed by atoms with Gasteiger partial charge >= 0.3 is 0 Å². The first-order valence-electron chi connectivity index (χ1n) is 5.75. The van der Waals surface area contributed by atoms with Crippen molar-refractivity contribution in [2.75, 3.05) is 19.8 Å². The van der Waals surface area contributed by atoms with E-state index in [0.29, 0.717) is 19.8 Å². The molecule has 0 saturated carbocycles. The summed E-state index contributed by atoms with van der Waals surface area (Å²) in [4.78, 5) is 33.8. The van der Waals surface area contributed by atoms with E-state index in [9.17, 15) is 14.4 Å². The Kier molecular flexibility index (Phi) is 5.56. The molecule has 5 heteroatoms. The molecule has 1 aliphatic rings. The second-order valence-corrected chi connectivity index (χ2v) is 3.78. The van der Waals surface area contributed by atoms with Crippen LogP contribution < -0.4 is 5.32 Å². The minimum Gasteiger partial charge on any atom is -0.380 e. The van der Waals surface area contributed by atoms with Crippen LogP contribution in [0.25, 0.3) is 0 Å². The fourth-order valence-corrected chi connectivity index (χ4v) is 1.59. The first-order valence-corrected chi connectivity index (χ1v) is 5.75. The first-order chi connectivity index (χ1) is 8.15. The SMILES string of the molecule is CCOCCNC(=O)CCC1C(=O)C=CC1=O. The van der Waals surface area contributed by atoms with Gasteiger partial charge in [-0.3, -0.25) is 14.4 Å². The van der Waals surface area contributed by atoms with Crippen molar-refractivity contribution in [3.63, 3.8) is 0 Å². The molecule has 0 atom stereocenters. The number of hydrogen-bond donors (Lipinski definition) is 1. The number of nitrogens with one attached hydrogen (secondary N) is 1. The zero-order valence-electron chi connectivity index (χ0n) is 9.90. The van der Waals surface area contributed by atoms with Gasteiger partial charge in [-0.25, -0.2) is 0 Å². The standard InChI is InChI=1S/C12H17NO4/c1-2-17-8-7-13-12(16)6-3-9-10(14)4-5-11(9)15/h4-5,9H,2-3,6-8H2,1H3,(H,13,16). The van der Waals surface area contributed by atoms with Gasteiger partial charge in [-0.1, -0.05) is 0 Å². The van der Waals surface area contributed by atoms with Gasteiger partial charge in [-0.15, -0.1) is 0 Å². The van der Waals surface area contributed by atoms with E-state index in [2.05, 4.69) is 5.32 Å². The van der Waals surface area contributed by atoms with Crippen molar-refractivity contribution in [3.05, 3.63) is 12.2 Å². The second-order valence-electron chi connectivity index (χ2n) is 3.78. The summed E-state index contributed by atoms with van der Waals surface area (Å²) in [5.74, 6) is -1.20. The lowest BCUT2D eigenvalue weighted by molar-refractivity contribution is -0.126. The van der Waals surface area contributed by atoms with E-state index in [0.717, 1.165) is 0 Å². The van der Waals surface area contributed by atoms with Gasteiger partial charge in [0.15, 0.2) is 11.6 Å². The van der Waals surface area contributed by atoms with E-state index < -0.39 is 5.92 Å². The molecule has 0 fully saturated rings. The van der Waals surface area contributed by atoms with Gasteiger partial charge in [0.1, 0.15) is 0 Å². The Hall–Kier alpha value is -1.49. The second kappa shape index (κ2) is 6.96. The van der Waals surface area contributed by atoms with E-state index in [4.69, 9.17) is 4.74 Å². The van der Waals surface area contributed by atoms with Crippen LogP contribution in [0.1, 0.15) is 19.8 Å². The van der Waals surface area contributed by atoms with Crippen LogP contribution in [0.15, 0.2) is 12.2 Å². The molecule has 0 saturated heterocycles. The number of carbonyl (C=O) groups excluding carboxylic acids is 3. The molecule has 5 nitrogen and oxygen atoms in total. The Balaban J connectivity index is 2.16. The number of amides is 1. The Morgan fingerprint density at radius 3 is 2.59 bits per heavy atom. The van der Waals surface area contributed by atoms with Gasteiger partial charge in [0.2, 0.25) is 5.91 Å². The Labute approximate surface area is 100 Å². The van der Waals surface area contributed by atoms with Gasteiger partial charge < -0.3 is 10.1 Å². The predicted octanol–water partition coefficient (Wildman–Crippen LogP) is 0.243. The minimum absolute atomic E-state index is 0.155. The van der Waals surface area contributed by atoms with E-state index >= 15 is 0 Å². The van der Waals surface area contributed by atoms with Gasteiger partial charge in [0, 0.05) is 19.6 Å². The van der Waals surface area contributed by atoms with E-state index in [1.807, 2.05) is 6.92 Å². The maximum atomic E-state index is 11.4. The lowest BCUT2D eigenvalue weighted by atomic mass is 9.99. The number of ketones is 2. The highest BCUT2D eigenvalue weighted by atomic mass is 16.5. The molecule has 0 unspecified atom stereocenters. The Morgan fingerprint density at radius 2 is 2.00 bits per heavy atom. The minimum atomic E-state index is -0.646. The topological polar surface area (TPSA) is 72.5 Å². The summed E-state index contributed by atoms with van der Waals surface area (Å²) in [5, 5.41) is 2.66. The van der Waals surface area contributed by atoms with Crippen molar-refractivity contribution in [1.29, 1.82) is 0 Å². The number of allylic oxidation sites excluding steroid dienone is 2. The summed E-state index contributed by atoms with van der Waals surface area (Å²) in [6.07, 6.45) is 3.03. The average Bonchev–Trinajstić information content (AvgIpc) is 2.62. The molecule has 1 aliphatic carbocycles. The molecule has 0 aromatic rings. The highest BCUT2D eigenvalue weighted by Crippen LogP contribution is 2.16. The molecular weight excluding hydrogens is 222 g/mol. The van der Waals surface area contributed by atoms with Crippen LogP contribution >= 0.6 is 0 Å². The van der Waals surface area contributed by atoms with Gasteiger partial charge in [0.05, 0.1) is 12.5 Å². The summed E-state index contributed by atoms with van der Waals surface area (Å²) < 4.78 is 5.06. The third kappa shape index (κ3) is 4.48. The molecule has 94 valence electrons. The van der Waals surface area contributed by atoms with E-state index in [1.54, 1.807) is 0 Å². The van der Waals surface area contributed by atoms with Crippen molar-refractivity contribution in [2.45, 2.75) is 19.8 Å². The van der Waals surface area contributed by atoms with Crippen molar-refractivity contribution in [2.24, 2.45) is 5.92 Å². The largest absolute Gasteiger partial charge is 0.380 e. The summed E-state index contributed by atoms with van der Waals surface area (Å²) in [5.41, 5.74) is 0. The zero-order chi connectivity index (χ0) is 12.7. The molecule has 0 aromatic heterocycles. The quantitative estimate of drug-likeness (QED) is 0.510. The Morgan fingerprint density at radius 1 is 1.35 bits per heavy atom. The van der Waals surface area contributed by atoms with Crippen LogP contribution in [0.5, 0.6) is 0 Å². The molecule has 0 radical (unpaired) electrons. The number of ether oxygens (including phenoxy) is 1. The molecule has 0 aromatic carbocycles. The van der Waals surface area contributed by atoms with Crippen molar-refractivity contribution in [3.8, 4) is 0 Å². The monoisotopic (exact) mass is 239 g/mol. The van der Waals surface area contributed by atoms with Crippen molar-refractivity contribution < 1.29 is 19.1 Å². The third-order valence-corrected chi connectivity index (χ3v) is 2.53. The molecule has 1 rings (SSSR count). The van der Waals surface area contributed by atoms with Crippen molar-refractivity contribution >= 4 is 17.5 Å². The lowest BCUT2D eigenvalue weighted by Crippen LogP contribution is -2.28. The predicted molar refractivity (Wildman–Crippen MR) is 61.4 cm³/mol. The molecule has 1 amide bonds. The highest BCUT2D eigenvalue weighted by Gasteiger charge is 2.28. The fraction of sp³-hybridized carbons (Fsp3) is 0.583. The number of rotatable bonds is 7. The van der Waals surface area contributed by atoms with Gasteiger partial charge in [-0.2, -0.15) is 0 Å². The molecule has 0 aliphatic heterocycles. The molecular formula is C12H17NO4. The molecule has 17 heavy (non-hydrogen) atoms. The maximum absolute atomic E-state index is 11.4. The number of carbonyl (C=O) groups is 3. The van der Waals surface area contributed by atoms with Crippen LogP contribution in [0.3, 0.4) is 0 Å². The molecule has 1 N–H and O–H groups in total. The third-order valence-electron chi connectivity index (χ3n) is 2.53. The summed E-state index contributed by atoms with van der Waals surface area (Å²) in [7, 11) is 0. The average molecular weight is 239 g/mol. The number of hydrogen-bond acceptors (Lipinski definition) is 4. The summed E-state index contributed by atoms with van der Waals surface area (Å²) in [6.45, 7) is 3.43.